The minimum absolute atomic E-state index is 0.713. The molecule has 0 bridgehead atoms. The highest BCUT2D eigenvalue weighted by Gasteiger charge is 2.16. The smallest absolute Gasteiger partial charge is 0.202 e. The van der Waals surface area contributed by atoms with E-state index in [2.05, 4.69) is 10.6 Å². The molecule has 2 N–H and O–H groups in total. The van der Waals surface area contributed by atoms with Crippen LogP contribution in [-0.2, 0) is 0 Å². The van der Waals surface area contributed by atoms with E-state index in [1.165, 1.54) is 0 Å². The number of hydrogen-bond donors (Lipinski definition) is 2. The summed E-state index contributed by atoms with van der Waals surface area (Å²) in [5, 5.41) is 7.37. The Kier molecular flexibility index (Phi) is 3.97. The Hall–Kier alpha value is 0.00987. The van der Waals surface area contributed by atoms with Crippen molar-refractivity contribution in [3.05, 3.63) is 0 Å². The second-order valence-electron chi connectivity index (χ2n) is 2.97. The third-order valence-electron chi connectivity index (χ3n) is 2.20. The number of nitrogens with one attached hydrogen (secondary N) is 2. The first-order valence-electron chi connectivity index (χ1n) is 4.01. The SMILES string of the molecule is [B]NCC1CCN(N[B])CC1. The van der Waals surface area contributed by atoms with Gasteiger partial charge in [0.15, 0.2) is 7.98 Å². The van der Waals surface area contributed by atoms with Crippen LogP contribution in [0.1, 0.15) is 12.8 Å². The first-order chi connectivity index (χ1) is 5.36. The molecule has 4 radical (unpaired) electrons. The van der Waals surface area contributed by atoms with Crippen LogP contribution in [0.5, 0.6) is 0 Å². The van der Waals surface area contributed by atoms with Gasteiger partial charge in [0.2, 0.25) is 7.98 Å². The zero-order chi connectivity index (χ0) is 8.10. The third kappa shape index (κ3) is 2.85. The predicted molar refractivity (Wildman–Crippen MR) is 46.9 cm³/mol. The molecule has 1 aliphatic heterocycles. The lowest BCUT2D eigenvalue weighted by Gasteiger charge is -2.31. The quantitative estimate of drug-likeness (QED) is 0.501. The molecule has 0 aromatic rings. The van der Waals surface area contributed by atoms with Crippen LogP contribution < -0.4 is 10.6 Å². The summed E-state index contributed by atoms with van der Waals surface area (Å²) in [4.78, 5) is 0. The average molecular weight is 149 g/mol. The predicted octanol–water partition coefficient (Wildman–Crippen LogP) is -1.04. The maximum atomic E-state index is 5.26. The molecule has 1 saturated heterocycles. The van der Waals surface area contributed by atoms with Crippen molar-refractivity contribution in [2.75, 3.05) is 19.6 Å². The van der Waals surface area contributed by atoms with Crippen molar-refractivity contribution in [3.8, 4) is 0 Å². The second-order valence-corrected chi connectivity index (χ2v) is 2.97. The van der Waals surface area contributed by atoms with Crippen molar-refractivity contribution in [2.45, 2.75) is 12.8 Å². The Morgan fingerprint density at radius 3 is 2.36 bits per heavy atom. The maximum Gasteiger partial charge on any atom is 0.202 e. The minimum atomic E-state index is 0.713. The summed E-state index contributed by atoms with van der Waals surface area (Å²) in [6.45, 7) is 2.95. The number of hydrogen-bond acceptors (Lipinski definition) is 3. The molecule has 0 spiro atoms. The first kappa shape index (κ1) is 9.10. The molecule has 0 amide bonds. The molecule has 0 atom stereocenters. The van der Waals surface area contributed by atoms with E-state index in [4.69, 9.17) is 16.0 Å². The largest absolute Gasteiger partial charge is 0.366 e. The van der Waals surface area contributed by atoms with Crippen molar-refractivity contribution >= 4 is 16.0 Å². The molecule has 0 aromatic heterocycles. The van der Waals surface area contributed by atoms with Gasteiger partial charge in [-0.1, -0.05) is 0 Å². The molecule has 58 valence electrons. The monoisotopic (exact) mass is 149 g/mol. The highest BCUT2D eigenvalue weighted by Crippen LogP contribution is 2.13. The molecule has 1 fully saturated rings. The van der Waals surface area contributed by atoms with Crippen LogP contribution in [0.25, 0.3) is 0 Å². The van der Waals surface area contributed by atoms with Gasteiger partial charge in [0.25, 0.3) is 0 Å². The lowest BCUT2D eigenvalue weighted by atomic mass is 9.97. The normalized spacial score (nSPS) is 22.2. The van der Waals surface area contributed by atoms with Crippen LogP contribution >= 0.6 is 0 Å². The van der Waals surface area contributed by atoms with Gasteiger partial charge >= 0.3 is 0 Å². The third-order valence-corrected chi connectivity index (χ3v) is 2.20. The van der Waals surface area contributed by atoms with Crippen molar-refractivity contribution in [1.29, 1.82) is 0 Å². The van der Waals surface area contributed by atoms with Crippen molar-refractivity contribution in [1.82, 2.24) is 15.6 Å². The molecule has 1 aliphatic rings. The van der Waals surface area contributed by atoms with Crippen LogP contribution in [0.15, 0.2) is 0 Å². The Labute approximate surface area is 70.7 Å². The number of hydrazine groups is 1. The van der Waals surface area contributed by atoms with Gasteiger partial charge in [0.1, 0.15) is 0 Å². The van der Waals surface area contributed by atoms with Crippen molar-refractivity contribution in [3.63, 3.8) is 0 Å². The van der Waals surface area contributed by atoms with E-state index in [1.807, 2.05) is 5.01 Å². The topological polar surface area (TPSA) is 27.3 Å². The number of rotatable bonds is 3. The summed E-state index contributed by atoms with van der Waals surface area (Å²) in [6, 6.07) is 0. The van der Waals surface area contributed by atoms with Crippen LogP contribution in [0.2, 0.25) is 0 Å². The first-order valence-corrected chi connectivity index (χ1v) is 4.01. The summed E-state index contributed by atoms with van der Waals surface area (Å²) < 4.78 is 0. The summed E-state index contributed by atoms with van der Waals surface area (Å²) >= 11 is 0. The summed E-state index contributed by atoms with van der Waals surface area (Å²) in [5.41, 5.74) is 0. The molecule has 1 rings (SSSR count). The summed E-state index contributed by atoms with van der Waals surface area (Å²) in [5.74, 6) is 0.713. The average Bonchev–Trinajstić information content (AvgIpc) is 2.07. The molecular weight excluding hydrogens is 136 g/mol. The van der Waals surface area contributed by atoms with E-state index in [0.29, 0.717) is 5.92 Å². The molecule has 0 aromatic carbocycles. The van der Waals surface area contributed by atoms with E-state index < -0.39 is 0 Å². The molecule has 0 unspecified atom stereocenters. The van der Waals surface area contributed by atoms with E-state index in [1.54, 1.807) is 0 Å². The van der Waals surface area contributed by atoms with Gasteiger partial charge in [0.05, 0.1) is 0 Å². The zero-order valence-electron chi connectivity index (χ0n) is 6.71. The van der Waals surface area contributed by atoms with Crippen LogP contribution in [0.3, 0.4) is 0 Å². The summed E-state index contributed by atoms with van der Waals surface area (Å²) in [6.07, 6.45) is 2.32. The maximum absolute atomic E-state index is 5.26. The molecule has 0 aliphatic carbocycles. The molecule has 3 nitrogen and oxygen atoms in total. The highest BCUT2D eigenvalue weighted by atomic mass is 15.5. The van der Waals surface area contributed by atoms with Gasteiger partial charge in [-0.05, 0) is 25.3 Å². The molecule has 11 heavy (non-hydrogen) atoms. The molecular formula is C6H13B2N3. The lowest BCUT2D eigenvalue weighted by Crippen LogP contribution is -2.43. The van der Waals surface area contributed by atoms with Gasteiger partial charge < -0.3 is 10.6 Å². The zero-order valence-corrected chi connectivity index (χ0v) is 6.71. The highest BCUT2D eigenvalue weighted by molar-refractivity contribution is 6.04. The molecule has 5 heteroatoms. The minimum Gasteiger partial charge on any atom is -0.366 e. The van der Waals surface area contributed by atoms with Gasteiger partial charge in [0, 0.05) is 13.1 Å². The Morgan fingerprint density at radius 1 is 1.27 bits per heavy atom. The fourth-order valence-electron chi connectivity index (χ4n) is 1.43. The Morgan fingerprint density at radius 2 is 1.91 bits per heavy atom. The van der Waals surface area contributed by atoms with Crippen molar-refractivity contribution in [2.24, 2.45) is 5.92 Å². The molecule has 1 heterocycles. The fourth-order valence-corrected chi connectivity index (χ4v) is 1.43. The standard InChI is InChI=1S/C6H13B2N3/c7-9-5-6-1-3-11(10-8)4-2-6/h6,9-10H,1-5H2. The van der Waals surface area contributed by atoms with E-state index in [-0.39, 0.29) is 0 Å². The van der Waals surface area contributed by atoms with Crippen LogP contribution in [0.4, 0.5) is 0 Å². The molecule has 0 saturated carbocycles. The van der Waals surface area contributed by atoms with Gasteiger partial charge in [-0.25, -0.2) is 0 Å². The fraction of sp³-hybridized carbons (Fsp3) is 1.00. The Bertz CT molecular complexity index is 104. The van der Waals surface area contributed by atoms with Gasteiger partial charge in [-0.15, -0.1) is 0 Å². The van der Waals surface area contributed by atoms with Gasteiger partial charge in [-0.3, -0.25) is 5.01 Å². The van der Waals surface area contributed by atoms with E-state index in [9.17, 15) is 0 Å². The Balaban J connectivity index is 2.14. The van der Waals surface area contributed by atoms with Gasteiger partial charge in [-0.2, -0.15) is 0 Å². The van der Waals surface area contributed by atoms with E-state index >= 15 is 0 Å². The van der Waals surface area contributed by atoms with Crippen LogP contribution in [-0.4, -0.2) is 40.6 Å². The van der Waals surface area contributed by atoms with Crippen molar-refractivity contribution < 1.29 is 0 Å². The summed E-state index contributed by atoms with van der Waals surface area (Å²) in [7, 11) is 10.5. The van der Waals surface area contributed by atoms with Crippen LogP contribution in [0, 0.1) is 5.92 Å². The number of nitrogens with zero attached hydrogens (tertiary/aromatic N) is 1. The number of piperidine rings is 1. The van der Waals surface area contributed by atoms with E-state index in [0.717, 1.165) is 32.5 Å². The lowest BCUT2D eigenvalue weighted by molar-refractivity contribution is 0.164. The second kappa shape index (κ2) is 4.80.